The lowest BCUT2D eigenvalue weighted by Gasteiger charge is -2.22. The van der Waals surface area contributed by atoms with E-state index in [2.05, 4.69) is 4.72 Å². The summed E-state index contributed by atoms with van der Waals surface area (Å²) in [4.78, 5) is 14.7. The van der Waals surface area contributed by atoms with Crippen molar-refractivity contribution in [3.8, 4) is 11.5 Å². The highest BCUT2D eigenvalue weighted by molar-refractivity contribution is 7.89. The summed E-state index contributed by atoms with van der Waals surface area (Å²) < 4.78 is 42.8. The quantitative estimate of drug-likeness (QED) is 0.500. The number of rotatable bonds is 12. The van der Waals surface area contributed by atoms with Crippen molar-refractivity contribution in [2.24, 2.45) is 0 Å². The molecule has 0 fully saturated rings. The number of methoxy groups -OCH3 is 2. The van der Waals surface area contributed by atoms with Crippen molar-refractivity contribution < 1.29 is 27.4 Å². The second-order valence-electron chi connectivity index (χ2n) is 6.65. The fourth-order valence-electron chi connectivity index (χ4n) is 2.95. The van der Waals surface area contributed by atoms with Gasteiger partial charge in [0.15, 0.2) is 11.5 Å². The van der Waals surface area contributed by atoms with E-state index in [9.17, 15) is 13.2 Å². The Bertz CT molecular complexity index is 960. The fourth-order valence-corrected chi connectivity index (χ4v) is 3.97. The van der Waals surface area contributed by atoms with Crippen molar-refractivity contribution in [3.63, 3.8) is 0 Å². The van der Waals surface area contributed by atoms with Crippen LogP contribution in [0.2, 0.25) is 0 Å². The number of nitrogens with zero attached hydrogens (tertiary/aromatic N) is 1. The van der Waals surface area contributed by atoms with E-state index in [-0.39, 0.29) is 24.0 Å². The predicted octanol–water partition coefficient (Wildman–Crippen LogP) is 2.68. The van der Waals surface area contributed by atoms with Gasteiger partial charge < -0.3 is 19.1 Å². The molecule has 0 saturated heterocycles. The summed E-state index contributed by atoms with van der Waals surface area (Å²) in [5, 5.41) is 0. The van der Waals surface area contributed by atoms with Gasteiger partial charge in [-0.3, -0.25) is 4.79 Å². The molecule has 9 heteroatoms. The van der Waals surface area contributed by atoms with Crippen LogP contribution in [0.25, 0.3) is 0 Å². The smallest absolute Gasteiger partial charge is 0.254 e. The number of amides is 1. The lowest BCUT2D eigenvalue weighted by atomic mass is 10.1. The van der Waals surface area contributed by atoms with Crippen LogP contribution in [0.3, 0.4) is 0 Å². The summed E-state index contributed by atoms with van der Waals surface area (Å²) in [5.74, 6) is 1.07. The molecule has 1 N–H and O–H groups in total. The van der Waals surface area contributed by atoms with Gasteiger partial charge in [0.05, 0.1) is 25.2 Å². The van der Waals surface area contributed by atoms with Crippen molar-refractivity contribution in [1.29, 1.82) is 0 Å². The first-order valence-corrected chi connectivity index (χ1v) is 11.5. The fraction of sp³-hybridized carbons (Fsp3) is 0.409. The van der Waals surface area contributed by atoms with Gasteiger partial charge in [0.25, 0.3) is 5.91 Å². The number of sulfonamides is 1. The highest BCUT2D eigenvalue weighted by Crippen LogP contribution is 2.28. The molecular weight excluding hydrogens is 420 g/mol. The first-order valence-electron chi connectivity index (χ1n) is 10.0. The number of benzene rings is 2. The van der Waals surface area contributed by atoms with Crippen LogP contribution >= 0.6 is 0 Å². The molecule has 1 amide bonds. The van der Waals surface area contributed by atoms with E-state index in [1.54, 1.807) is 12.0 Å². The van der Waals surface area contributed by atoms with E-state index in [0.29, 0.717) is 36.8 Å². The van der Waals surface area contributed by atoms with Gasteiger partial charge in [-0.05, 0) is 55.8 Å². The summed E-state index contributed by atoms with van der Waals surface area (Å²) in [7, 11) is -0.575. The maximum absolute atomic E-state index is 13.0. The molecule has 2 aromatic rings. The normalized spacial score (nSPS) is 11.2. The maximum atomic E-state index is 13.0. The van der Waals surface area contributed by atoms with Gasteiger partial charge in [-0.1, -0.05) is 6.07 Å². The van der Waals surface area contributed by atoms with E-state index >= 15 is 0 Å². The number of nitrogens with one attached hydrogen (secondary N) is 1. The zero-order chi connectivity index (χ0) is 22.9. The molecule has 31 heavy (non-hydrogen) atoms. The minimum Gasteiger partial charge on any atom is -0.493 e. The van der Waals surface area contributed by atoms with Crippen LogP contribution in [0.4, 0.5) is 0 Å². The Hall–Kier alpha value is -2.62. The third-order valence-electron chi connectivity index (χ3n) is 4.58. The highest BCUT2D eigenvalue weighted by Gasteiger charge is 2.18. The van der Waals surface area contributed by atoms with Crippen LogP contribution in [0.1, 0.15) is 29.8 Å². The third kappa shape index (κ3) is 6.68. The predicted molar refractivity (Wildman–Crippen MR) is 118 cm³/mol. The van der Waals surface area contributed by atoms with Gasteiger partial charge in [-0.15, -0.1) is 0 Å². The molecule has 0 unspecified atom stereocenters. The van der Waals surface area contributed by atoms with Gasteiger partial charge >= 0.3 is 0 Å². The Balaban J connectivity index is 2.13. The Kier molecular flexibility index (Phi) is 9.29. The first kappa shape index (κ1) is 24.6. The maximum Gasteiger partial charge on any atom is 0.254 e. The van der Waals surface area contributed by atoms with Crippen LogP contribution in [-0.4, -0.2) is 59.7 Å². The summed E-state index contributed by atoms with van der Waals surface area (Å²) in [6.45, 7) is 5.65. The molecule has 8 nitrogen and oxygen atoms in total. The highest BCUT2D eigenvalue weighted by atomic mass is 32.2. The minimum absolute atomic E-state index is 0.0967. The van der Waals surface area contributed by atoms with Crippen molar-refractivity contribution in [3.05, 3.63) is 53.6 Å². The molecule has 0 aliphatic carbocycles. The van der Waals surface area contributed by atoms with Crippen molar-refractivity contribution in [2.45, 2.75) is 25.3 Å². The third-order valence-corrected chi connectivity index (χ3v) is 6.06. The lowest BCUT2D eigenvalue weighted by molar-refractivity contribution is 0.0752. The topological polar surface area (TPSA) is 94.2 Å². The van der Waals surface area contributed by atoms with E-state index < -0.39 is 10.0 Å². The number of hydrogen-bond acceptors (Lipinski definition) is 6. The number of carbonyl (C=O) groups is 1. The largest absolute Gasteiger partial charge is 0.493 e. The molecular formula is C22H30N2O6S. The number of ether oxygens (including phenoxy) is 3. The lowest BCUT2D eigenvalue weighted by Crippen LogP contribution is -2.30. The first-order chi connectivity index (χ1) is 14.9. The molecule has 0 saturated carbocycles. The molecule has 0 aliphatic heterocycles. The molecule has 2 rings (SSSR count). The molecule has 0 bridgehead atoms. The SMILES string of the molecule is CCOc1ccc(CN(CC)C(=O)c2ccc(S(=O)(=O)NCCOC)cc2)cc1OC. The van der Waals surface area contributed by atoms with E-state index in [1.165, 1.54) is 31.4 Å². The number of hydrogen-bond donors (Lipinski definition) is 1. The van der Waals surface area contributed by atoms with Crippen LogP contribution < -0.4 is 14.2 Å². The van der Waals surface area contributed by atoms with Crippen LogP contribution in [-0.2, 0) is 21.3 Å². The molecule has 0 radical (unpaired) electrons. The van der Waals surface area contributed by atoms with Crippen LogP contribution in [0, 0.1) is 0 Å². The molecule has 0 heterocycles. The molecule has 2 aromatic carbocycles. The van der Waals surface area contributed by atoms with Crippen molar-refractivity contribution >= 4 is 15.9 Å². The van der Waals surface area contributed by atoms with E-state index in [4.69, 9.17) is 14.2 Å². The van der Waals surface area contributed by atoms with E-state index in [0.717, 1.165) is 5.56 Å². The van der Waals surface area contributed by atoms with E-state index in [1.807, 2.05) is 32.0 Å². The summed E-state index contributed by atoms with van der Waals surface area (Å²) >= 11 is 0. The van der Waals surface area contributed by atoms with Gasteiger partial charge in [0, 0.05) is 32.3 Å². The van der Waals surface area contributed by atoms with Crippen LogP contribution in [0.15, 0.2) is 47.4 Å². The Morgan fingerprint density at radius 2 is 1.74 bits per heavy atom. The van der Waals surface area contributed by atoms with Gasteiger partial charge in [0.2, 0.25) is 10.0 Å². The second kappa shape index (κ2) is 11.7. The second-order valence-corrected chi connectivity index (χ2v) is 8.42. The average molecular weight is 451 g/mol. The molecule has 0 aromatic heterocycles. The summed E-state index contributed by atoms with van der Waals surface area (Å²) in [6.07, 6.45) is 0. The van der Waals surface area contributed by atoms with Crippen molar-refractivity contribution in [1.82, 2.24) is 9.62 Å². The van der Waals surface area contributed by atoms with Crippen molar-refractivity contribution in [2.75, 3.05) is 40.5 Å². The van der Waals surface area contributed by atoms with Gasteiger partial charge in [-0.2, -0.15) is 0 Å². The van der Waals surface area contributed by atoms with Gasteiger partial charge in [0.1, 0.15) is 0 Å². The molecule has 0 aliphatic rings. The standard InChI is InChI=1S/C22H30N2O6S/c1-5-24(16-17-7-12-20(30-6-2)21(15-17)29-4)22(25)18-8-10-19(11-9-18)31(26,27)23-13-14-28-3/h7-12,15,23H,5-6,13-14,16H2,1-4H3. The Morgan fingerprint density at radius 1 is 1.03 bits per heavy atom. The molecule has 170 valence electrons. The Morgan fingerprint density at radius 3 is 2.32 bits per heavy atom. The monoisotopic (exact) mass is 450 g/mol. The number of carbonyl (C=O) groups excluding carboxylic acids is 1. The van der Waals surface area contributed by atoms with Gasteiger partial charge in [-0.25, -0.2) is 13.1 Å². The Labute approximate surface area is 184 Å². The molecule has 0 atom stereocenters. The zero-order valence-corrected chi connectivity index (χ0v) is 19.2. The summed E-state index contributed by atoms with van der Waals surface area (Å²) in [5.41, 5.74) is 1.31. The zero-order valence-electron chi connectivity index (χ0n) is 18.4. The molecule has 0 spiro atoms. The summed E-state index contributed by atoms with van der Waals surface area (Å²) in [6, 6.07) is 11.5. The van der Waals surface area contributed by atoms with Crippen LogP contribution in [0.5, 0.6) is 11.5 Å². The minimum atomic E-state index is -3.65. The average Bonchev–Trinajstić information content (AvgIpc) is 2.78.